The van der Waals surface area contributed by atoms with E-state index in [1.807, 2.05) is 29.5 Å². The first-order valence-corrected chi connectivity index (χ1v) is 16.9. The summed E-state index contributed by atoms with van der Waals surface area (Å²) < 4.78 is 2.55. The largest absolute Gasteiger partial charge is 0.279 e. The fraction of sp³-hybridized carbons (Fsp3) is 0. The van der Waals surface area contributed by atoms with Crippen molar-refractivity contribution in [2.75, 3.05) is 4.90 Å². The third-order valence-electron chi connectivity index (χ3n) is 8.91. The SMILES string of the molecule is c1ccc(-c2ccc(N(c3ccc(-c4ccccc4)cc3)c3nc(-c4ccc5c(c4)sc4ccccc45)c4ccccc4n3)cc2)cc1. The summed E-state index contributed by atoms with van der Waals surface area (Å²) in [6, 6.07) is 62.0. The average Bonchev–Trinajstić information content (AvgIpc) is 3.54. The highest BCUT2D eigenvalue weighted by Crippen LogP contribution is 2.40. The second-order valence-electron chi connectivity index (χ2n) is 11.9. The van der Waals surface area contributed by atoms with Crippen molar-refractivity contribution < 1.29 is 0 Å². The maximum Gasteiger partial charge on any atom is 0.235 e. The van der Waals surface area contributed by atoms with Crippen LogP contribution in [0.4, 0.5) is 17.3 Å². The Labute approximate surface area is 283 Å². The van der Waals surface area contributed by atoms with Crippen LogP contribution in [0.1, 0.15) is 0 Å². The summed E-state index contributed by atoms with van der Waals surface area (Å²) in [6.07, 6.45) is 0. The van der Waals surface area contributed by atoms with Gasteiger partial charge in [0.2, 0.25) is 5.95 Å². The van der Waals surface area contributed by atoms with Crippen molar-refractivity contribution in [2.45, 2.75) is 0 Å². The Bertz CT molecular complexity index is 2460. The van der Waals surface area contributed by atoms with Crippen molar-refractivity contribution >= 4 is 59.7 Å². The molecule has 0 N–H and O–H groups in total. The van der Waals surface area contributed by atoms with Crippen LogP contribution in [0.3, 0.4) is 0 Å². The van der Waals surface area contributed by atoms with Crippen molar-refractivity contribution in [1.29, 1.82) is 0 Å². The van der Waals surface area contributed by atoms with E-state index in [0.29, 0.717) is 5.95 Å². The molecule has 0 amide bonds. The summed E-state index contributed by atoms with van der Waals surface area (Å²) in [6.45, 7) is 0. The Morgan fingerprint density at radius 1 is 0.375 bits per heavy atom. The highest BCUT2D eigenvalue weighted by molar-refractivity contribution is 7.25. The maximum absolute atomic E-state index is 5.37. The molecule has 0 aliphatic heterocycles. The van der Waals surface area contributed by atoms with Crippen LogP contribution in [0.25, 0.3) is 64.6 Å². The molecule has 9 aromatic rings. The number of thiophene rings is 1. The van der Waals surface area contributed by atoms with Gasteiger partial charge in [0.25, 0.3) is 0 Å². The van der Waals surface area contributed by atoms with E-state index in [1.54, 1.807) is 0 Å². The number of anilines is 3. The smallest absolute Gasteiger partial charge is 0.235 e. The molecule has 0 fully saturated rings. The van der Waals surface area contributed by atoms with Crippen molar-refractivity contribution in [2.24, 2.45) is 0 Å². The lowest BCUT2D eigenvalue weighted by Crippen LogP contribution is -2.14. The Morgan fingerprint density at radius 3 is 1.52 bits per heavy atom. The molecule has 2 heterocycles. The molecule has 3 nitrogen and oxygen atoms in total. The van der Waals surface area contributed by atoms with Gasteiger partial charge in [-0.3, -0.25) is 4.90 Å². The first-order chi connectivity index (χ1) is 23.8. The minimum absolute atomic E-state index is 0.625. The molecule has 0 spiro atoms. The van der Waals surface area contributed by atoms with Gasteiger partial charge in [-0.15, -0.1) is 11.3 Å². The molecule has 0 aliphatic rings. The van der Waals surface area contributed by atoms with E-state index in [1.165, 1.54) is 31.3 Å². The predicted octanol–water partition coefficient (Wildman–Crippen LogP) is 12.5. The molecule has 0 saturated carbocycles. The van der Waals surface area contributed by atoms with Crippen LogP contribution in [0, 0.1) is 0 Å². The topological polar surface area (TPSA) is 29.0 Å². The number of hydrogen-bond donors (Lipinski definition) is 0. The second kappa shape index (κ2) is 11.9. The molecule has 2 aromatic heterocycles. The highest BCUT2D eigenvalue weighted by Gasteiger charge is 2.20. The molecule has 226 valence electrons. The van der Waals surface area contributed by atoms with Crippen LogP contribution in [-0.2, 0) is 0 Å². The first kappa shape index (κ1) is 28.1. The molecule has 4 heteroatoms. The predicted molar refractivity (Wildman–Crippen MR) is 203 cm³/mol. The minimum atomic E-state index is 0.625. The van der Waals surface area contributed by atoms with Gasteiger partial charge in [-0.2, -0.15) is 0 Å². The van der Waals surface area contributed by atoms with Crippen LogP contribution in [0.2, 0.25) is 0 Å². The van der Waals surface area contributed by atoms with Crippen LogP contribution < -0.4 is 4.90 Å². The summed E-state index contributed by atoms with van der Waals surface area (Å²) in [7, 11) is 0. The van der Waals surface area contributed by atoms with E-state index in [-0.39, 0.29) is 0 Å². The van der Waals surface area contributed by atoms with Crippen molar-refractivity contribution in [3.63, 3.8) is 0 Å². The Balaban J connectivity index is 1.21. The van der Waals surface area contributed by atoms with Crippen molar-refractivity contribution in [3.8, 4) is 33.5 Å². The van der Waals surface area contributed by atoms with E-state index in [0.717, 1.165) is 44.7 Å². The van der Waals surface area contributed by atoms with E-state index < -0.39 is 0 Å². The number of rotatable bonds is 6. The van der Waals surface area contributed by atoms with Gasteiger partial charge in [0.15, 0.2) is 0 Å². The third kappa shape index (κ3) is 5.09. The normalized spacial score (nSPS) is 11.3. The molecule has 48 heavy (non-hydrogen) atoms. The monoisotopic (exact) mass is 631 g/mol. The molecule has 7 aromatic carbocycles. The summed E-state index contributed by atoms with van der Waals surface area (Å²) in [5, 5.41) is 3.60. The Kier molecular flexibility index (Phi) is 6.99. The third-order valence-corrected chi connectivity index (χ3v) is 10.0. The highest BCUT2D eigenvalue weighted by atomic mass is 32.1. The van der Waals surface area contributed by atoms with Gasteiger partial charge in [-0.25, -0.2) is 9.97 Å². The van der Waals surface area contributed by atoms with E-state index in [2.05, 4.69) is 163 Å². The van der Waals surface area contributed by atoms with Gasteiger partial charge in [0, 0.05) is 42.5 Å². The van der Waals surface area contributed by atoms with Gasteiger partial charge < -0.3 is 0 Å². The van der Waals surface area contributed by atoms with Crippen LogP contribution in [-0.4, -0.2) is 9.97 Å². The molecule has 0 aliphatic carbocycles. The van der Waals surface area contributed by atoms with Gasteiger partial charge in [0.05, 0.1) is 11.2 Å². The van der Waals surface area contributed by atoms with Crippen molar-refractivity contribution in [3.05, 3.63) is 176 Å². The second-order valence-corrected chi connectivity index (χ2v) is 12.9. The quantitative estimate of drug-likeness (QED) is 0.183. The molecule has 0 bridgehead atoms. The molecule has 0 saturated heterocycles. The lowest BCUT2D eigenvalue weighted by atomic mass is 10.0. The number of fused-ring (bicyclic) bond motifs is 4. The van der Waals surface area contributed by atoms with Crippen molar-refractivity contribution in [1.82, 2.24) is 9.97 Å². The number of benzene rings is 7. The van der Waals surface area contributed by atoms with E-state index in [4.69, 9.17) is 9.97 Å². The number of para-hydroxylation sites is 1. The van der Waals surface area contributed by atoms with Gasteiger partial charge >= 0.3 is 0 Å². The molecule has 0 unspecified atom stereocenters. The summed E-state index contributed by atoms with van der Waals surface area (Å²) >= 11 is 1.83. The van der Waals surface area contributed by atoms with E-state index >= 15 is 0 Å². The molecule has 0 radical (unpaired) electrons. The Morgan fingerprint density at radius 2 is 0.875 bits per heavy atom. The molecular formula is C44H29N3S. The van der Waals surface area contributed by atoms with Gasteiger partial charge in [0.1, 0.15) is 0 Å². The average molecular weight is 632 g/mol. The lowest BCUT2D eigenvalue weighted by Gasteiger charge is -2.25. The summed E-state index contributed by atoms with van der Waals surface area (Å²) in [5.74, 6) is 0.625. The summed E-state index contributed by atoms with van der Waals surface area (Å²) in [4.78, 5) is 12.7. The van der Waals surface area contributed by atoms with E-state index in [9.17, 15) is 0 Å². The Hall–Kier alpha value is -6.10. The van der Waals surface area contributed by atoms with Crippen LogP contribution in [0.15, 0.2) is 176 Å². The minimum Gasteiger partial charge on any atom is -0.279 e. The fourth-order valence-electron chi connectivity index (χ4n) is 6.50. The number of hydrogen-bond acceptors (Lipinski definition) is 4. The number of nitrogens with zero attached hydrogens (tertiary/aromatic N) is 3. The number of aromatic nitrogens is 2. The molecule has 0 atom stereocenters. The zero-order chi connectivity index (χ0) is 31.9. The maximum atomic E-state index is 5.37. The zero-order valence-electron chi connectivity index (χ0n) is 26.0. The van der Waals surface area contributed by atoms with Gasteiger partial charge in [-0.1, -0.05) is 133 Å². The summed E-state index contributed by atoms with van der Waals surface area (Å²) in [5.41, 5.74) is 9.57. The first-order valence-electron chi connectivity index (χ1n) is 16.1. The fourth-order valence-corrected chi connectivity index (χ4v) is 7.65. The molecular weight excluding hydrogens is 603 g/mol. The lowest BCUT2D eigenvalue weighted by molar-refractivity contribution is 1.11. The van der Waals surface area contributed by atoms with Crippen LogP contribution >= 0.6 is 11.3 Å². The molecule has 9 rings (SSSR count). The van der Waals surface area contributed by atoms with Crippen LogP contribution in [0.5, 0.6) is 0 Å². The standard InChI is InChI=1S/C44H29N3S/c1-3-11-30(12-4-1)32-19-24-35(25-20-32)47(36-26-21-33(22-27-36)31-13-5-2-6-14-31)44-45-40-17-9-7-16-39(40)43(46-44)34-23-28-38-37-15-8-10-18-41(37)48-42(38)29-34/h1-29H. The van der Waals surface area contributed by atoms with Gasteiger partial charge in [-0.05, 0) is 64.7 Å². The zero-order valence-corrected chi connectivity index (χ0v) is 26.8.